The summed E-state index contributed by atoms with van der Waals surface area (Å²) in [7, 11) is 0. The minimum Gasteiger partial charge on any atom is -0.357 e. The van der Waals surface area contributed by atoms with Crippen LogP contribution in [0.1, 0.15) is 42.2 Å². The Morgan fingerprint density at radius 2 is 2.00 bits per heavy atom. The van der Waals surface area contributed by atoms with Crippen molar-refractivity contribution >= 4 is 11.7 Å². The molecule has 0 aliphatic carbocycles. The van der Waals surface area contributed by atoms with Crippen LogP contribution in [0.5, 0.6) is 0 Å². The lowest BCUT2D eigenvalue weighted by molar-refractivity contribution is 0.0943. The number of pyridine rings is 1. The lowest BCUT2D eigenvalue weighted by Gasteiger charge is -2.16. The predicted molar refractivity (Wildman–Crippen MR) is 95.6 cm³/mol. The van der Waals surface area contributed by atoms with Crippen molar-refractivity contribution < 1.29 is 4.79 Å². The van der Waals surface area contributed by atoms with Gasteiger partial charge in [-0.2, -0.15) is 5.10 Å². The van der Waals surface area contributed by atoms with Gasteiger partial charge in [-0.05, 0) is 37.0 Å². The molecule has 2 aromatic rings. The summed E-state index contributed by atoms with van der Waals surface area (Å²) < 4.78 is 1.32. The van der Waals surface area contributed by atoms with Crippen molar-refractivity contribution in [2.24, 2.45) is 0 Å². The number of carbonyl (C=O) groups excluding carboxylic acids is 1. The second kappa shape index (κ2) is 7.92. The molecule has 1 aliphatic rings. The summed E-state index contributed by atoms with van der Waals surface area (Å²) in [5.41, 5.74) is 0.980. The number of anilines is 1. The molecule has 3 heterocycles. The van der Waals surface area contributed by atoms with Crippen LogP contribution in [0.3, 0.4) is 0 Å². The smallest absolute Gasteiger partial charge is 0.271 e. The SMILES string of the molecule is CCCn1nc(C(=O)NCc2ccc(N3CCCC3)nc2)ccc1=O. The Labute approximate surface area is 146 Å². The maximum Gasteiger partial charge on any atom is 0.271 e. The van der Waals surface area contributed by atoms with Crippen molar-refractivity contribution in [1.29, 1.82) is 0 Å². The molecule has 7 nitrogen and oxygen atoms in total. The third-order valence-corrected chi connectivity index (χ3v) is 4.23. The molecular formula is C18H23N5O2. The summed E-state index contributed by atoms with van der Waals surface area (Å²) >= 11 is 0. The largest absolute Gasteiger partial charge is 0.357 e. The van der Waals surface area contributed by atoms with Gasteiger partial charge in [0.2, 0.25) is 0 Å². The number of nitrogens with zero attached hydrogens (tertiary/aromatic N) is 4. The average molecular weight is 341 g/mol. The molecule has 0 bridgehead atoms. The van der Waals surface area contributed by atoms with Crippen LogP contribution in [0.2, 0.25) is 0 Å². The molecular weight excluding hydrogens is 318 g/mol. The molecule has 7 heteroatoms. The number of aryl methyl sites for hydroxylation is 1. The maximum atomic E-state index is 12.2. The van der Waals surface area contributed by atoms with E-state index in [0.29, 0.717) is 13.1 Å². The molecule has 25 heavy (non-hydrogen) atoms. The monoisotopic (exact) mass is 341 g/mol. The summed E-state index contributed by atoms with van der Waals surface area (Å²) in [5, 5.41) is 6.93. The molecule has 0 atom stereocenters. The van der Waals surface area contributed by atoms with E-state index in [1.807, 2.05) is 19.1 Å². The van der Waals surface area contributed by atoms with Gasteiger partial charge < -0.3 is 10.2 Å². The predicted octanol–water partition coefficient (Wildman–Crippen LogP) is 1.58. The van der Waals surface area contributed by atoms with Crippen LogP contribution in [0.4, 0.5) is 5.82 Å². The molecule has 0 radical (unpaired) electrons. The maximum absolute atomic E-state index is 12.2. The molecule has 2 aromatic heterocycles. The van der Waals surface area contributed by atoms with Crippen LogP contribution in [-0.2, 0) is 13.1 Å². The summed E-state index contributed by atoms with van der Waals surface area (Å²) in [6, 6.07) is 6.81. The van der Waals surface area contributed by atoms with Gasteiger partial charge in [0.25, 0.3) is 11.5 Å². The van der Waals surface area contributed by atoms with Gasteiger partial charge in [-0.15, -0.1) is 0 Å². The van der Waals surface area contributed by atoms with E-state index < -0.39 is 0 Å². The van der Waals surface area contributed by atoms with Crippen molar-refractivity contribution in [3.8, 4) is 0 Å². The van der Waals surface area contributed by atoms with E-state index >= 15 is 0 Å². The first-order chi connectivity index (χ1) is 12.2. The van der Waals surface area contributed by atoms with E-state index in [-0.39, 0.29) is 17.2 Å². The van der Waals surface area contributed by atoms with Crippen molar-refractivity contribution in [3.05, 3.63) is 52.1 Å². The summed E-state index contributed by atoms with van der Waals surface area (Å²) in [6.45, 7) is 4.95. The minimum atomic E-state index is -0.298. The van der Waals surface area contributed by atoms with E-state index in [2.05, 4.69) is 20.3 Å². The molecule has 1 fully saturated rings. The Kier molecular flexibility index (Phi) is 5.42. The van der Waals surface area contributed by atoms with Crippen LogP contribution in [0, 0.1) is 0 Å². The fourth-order valence-corrected chi connectivity index (χ4v) is 2.87. The zero-order valence-electron chi connectivity index (χ0n) is 14.4. The van der Waals surface area contributed by atoms with E-state index in [9.17, 15) is 9.59 Å². The molecule has 1 aliphatic heterocycles. The number of hydrogen-bond donors (Lipinski definition) is 1. The quantitative estimate of drug-likeness (QED) is 0.863. The Bertz CT molecular complexity index is 779. The van der Waals surface area contributed by atoms with Crippen LogP contribution < -0.4 is 15.8 Å². The molecule has 1 saturated heterocycles. The Morgan fingerprint density at radius 3 is 2.68 bits per heavy atom. The fourth-order valence-electron chi connectivity index (χ4n) is 2.87. The van der Waals surface area contributed by atoms with Crippen LogP contribution >= 0.6 is 0 Å². The highest BCUT2D eigenvalue weighted by Crippen LogP contribution is 2.17. The first kappa shape index (κ1) is 17.1. The minimum absolute atomic E-state index is 0.194. The van der Waals surface area contributed by atoms with Crippen molar-refractivity contribution in [2.75, 3.05) is 18.0 Å². The van der Waals surface area contributed by atoms with Crippen LogP contribution in [0.25, 0.3) is 0 Å². The van der Waals surface area contributed by atoms with Crippen LogP contribution in [-0.4, -0.2) is 33.8 Å². The van der Waals surface area contributed by atoms with E-state index in [0.717, 1.165) is 30.9 Å². The van der Waals surface area contributed by atoms with Gasteiger partial charge in [0.1, 0.15) is 11.5 Å². The summed E-state index contributed by atoms with van der Waals surface area (Å²) in [5.74, 6) is 0.689. The first-order valence-electron chi connectivity index (χ1n) is 8.73. The highest BCUT2D eigenvalue weighted by atomic mass is 16.2. The van der Waals surface area contributed by atoms with Crippen molar-refractivity contribution in [1.82, 2.24) is 20.1 Å². The van der Waals surface area contributed by atoms with Gasteiger partial charge in [0.05, 0.1) is 0 Å². The standard InChI is InChI=1S/C18H23N5O2/c1-2-9-23-17(24)8-6-15(21-23)18(25)20-13-14-5-7-16(19-12-14)22-10-3-4-11-22/h5-8,12H,2-4,9-11,13H2,1H3,(H,20,25). The lowest BCUT2D eigenvalue weighted by Crippen LogP contribution is -2.29. The lowest BCUT2D eigenvalue weighted by atomic mass is 10.2. The number of amides is 1. The number of carbonyl (C=O) groups is 1. The molecule has 3 rings (SSSR count). The normalized spacial score (nSPS) is 13.9. The van der Waals surface area contributed by atoms with E-state index in [4.69, 9.17) is 0 Å². The first-order valence-corrected chi connectivity index (χ1v) is 8.73. The molecule has 0 unspecified atom stereocenters. The second-order valence-corrected chi connectivity index (χ2v) is 6.18. The molecule has 0 spiro atoms. The van der Waals surface area contributed by atoms with E-state index in [1.54, 1.807) is 6.20 Å². The third kappa shape index (κ3) is 4.23. The fraction of sp³-hybridized carbons (Fsp3) is 0.444. The molecule has 132 valence electrons. The van der Waals surface area contributed by atoms with Gasteiger partial charge in [-0.3, -0.25) is 9.59 Å². The topological polar surface area (TPSA) is 80.1 Å². The van der Waals surface area contributed by atoms with Gasteiger partial charge in [-0.25, -0.2) is 9.67 Å². The molecule has 0 aromatic carbocycles. The third-order valence-electron chi connectivity index (χ3n) is 4.23. The highest BCUT2D eigenvalue weighted by Gasteiger charge is 2.13. The van der Waals surface area contributed by atoms with Gasteiger partial charge in [0, 0.05) is 38.4 Å². The number of aromatic nitrogens is 3. The van der Waals surface area contributed by atoms with Gasteiger partial charge >= 0.3 is 0 Å². The number of nitrogens with one attached hydrogen (secondary N) is 1. The Hall–Kier alpha value is -2.70. The van der Waals surface area contributed by atoms with Gasteiger partial charge in [-0.1, -0.05) is 13.0 Å². The molecule has 1 N–H and O–H groups in total. The van der Waals surface area contributed by atoms with Crippen molar-refractivity contribution in [2.45, 2.75) is 39.3 Å². The summed E-state index contributed by atoms with van der Waals surface area (Å²) in [4.78, 5) is 30.6. The number of hydrogen-bond acceptors (Lipinski definition) is 5. The highest BCUT2D eigenvalue weighted by molar-refractivity contribution is 5.91. The van der Waals surface area contributed by atoms with Crippen molar-refractivity contribution in [3.63, 3.8) is 0 Å². The zero-order chi connectivity index (χ0) is 17.6. The zero-order valence-corrected chi connectivity index (χ0v) is 14.4. The Morgan fingerprint density at radius 1 is 1.20 bits per heavy atom. The molecule has 0 saturated carbocycles. The average Bonchev–Trinajstić information content (AvgIpc) is 3.17. The molecule has 1 amide bonds. The number of rotatable bonds is 6. The summed E-state index contributed by atoms with van der Waals surface area (Å²) in [6.07, 6.45) is 5.01. The van der Waals surface area contributed by atoms with E-state index in [1.165, 1.54) is 29.7 Å². The van der Waals surface area contributed by atoms with Gasteiger partial charge in [0.15, 0.2) is 0 Å². The Balaban J connectivity index is 1.60. The second-order valence-electron chi connectivity index (χ2n) is 6.18. The van der Waals surface area contributed by atoms with Crippen LogP contribution in [0.15, 0.2) is 35.3 Å².